The Morgan fingerprint density at radius 3 is 2.44 bits per heavy atom. The third-order valence-corrected chi connectivity index (χ3v) is 6.93. The molecule has 5 rings (SSSR count). The first-order valence-electron chi connectivity index (χ1n) is 11.3. The highest BCUT2D eigenvalue weighted by atomic mass is 16.7. The summed E-state index contributed by atoms with van der Waals surface area (Å²) >= 11 is 0. The van der Waals surface area contributed by atoms with Crippen LogP contribution in [-0.4, -0.2) is 63.7 Å². The molecule has 0 aromatic heterocycles. The molecule has 0 amide bonds. The lowest BCUT2D eigenvalue weighted by molar-refractivity contribution is -0.240. The molecule has 1 saturated heterocycles. The Kier molecular flexibility index (Phi) is 5.60. The predicted molar refractivity (Wildman–Crippen MR) is 117 cm³/mol. The summed E-state index contributed by atoms with van der Waals surface area (Å²) in [5.74, 6) is -1.98. The monoisotopic (exact) mass is 470 g/mol. The van der Waals surface area contributed by atoms with Gasteiger partial charge in [-0.25, -0.2) is 0 Å². The normalized spacial score (nSPS) is 28.2. The van der Waals surface area contributed by atoms with E-state index in [4.69, 9.17) is 14.2 Å². The summed E-state index contributed by atoms with van der Waals surface area (Å²) in [6.45, 7) is 1.72. The van der Waals surface area contributed by atoms with Crippen LogP contribution in [0.1, 0.15) is 75.3 Å². The molecule has 0 bridgehead atoms. The SMILES string of the molecule is COc1cccc2c1C(=O)c1c(O)c3c(c(O)c1C2=O)C[C@H](O)CC3O[C@H]1CC[C@H](O)[C@H](C)O1. The molecule has 2 aromatic carbocycles. The molecule has 34 heavy (non-hydrogen) atoms. The van der Waals surface area contributed by atoms with Gasteiger partial charge in [-0.2, -0.15) is 0 Å². The van der Waals surface area contributed by atoms with Crippen molar-refractivity contribution < 1.29 is 44.2 Å². The largest absolute Gasteiger partial charge is 0.507 e. The highest BCUT2D eigenvalue weighted by molar-refractivity contribution is 6.31. The lowest BCUT2D eigenvalue weighted by atomic mass is 9.76. The predicted octanol–water partition coefficient (Wildman–Crippen LogP) is 2.13. The standard InChI is InChI=1S/C25H26O9/c1-10-14(27)6-7-17(33-10)34-16-9-11(26)8-13-19(16)25(31)21-20(23(13)29)22(28)12-4-3-5-15(32-2)18(12)24(21)30/h3-5,10-11,14,16-17,26-27,29,31H,6-9H2,1-2H3/t10-,11-,14-,16?,17-/m0/s1. The van der Waals surface area contributed by atoms with Gasteiger partial charge in [-0.1, -0.05) is 12.1 Å². The second-order valence-corrected chi connectivity index (χ2v) is 9.01. The molecule has 1 unspecified atom stereocenters. The van der Waals surface area contributed by atoms with Gasteiger partial charge in [0.05, 0.1) is 48.2 Å². The molecule has 9 nitrogen and oxygen atoms in total. The van der Waals surface area contributed by atoms with E-state index in [1.54, 1.807) is 19.1 Å². The Morgan fingerprint density at radius 2 is 1.74 bits per heavy atom. The Hall–Kier alpha value is -2.98. The first kappa shape index (κ1) is 22.8. The number of aliphatic hydroxyl groups excluding tert-OH is 2. The zero-order valence-electron chi connectivity index (χ0n) is 18.8. The maximum absolute atomic E-state index is 13.5. The molecule has 1 fully saturated rings. The Bertz CT molecular complexity index is 1190. The van der Waals surface area contributed by atoms with Crippen LogP contribution in [-0.2, 0) is 15.9 Å². The van der Waals surface area contributed by atoms with E-state index >= 15 is 0 Å². The molecular formula is C25H26O9. The Balaban J connectivity index is 1.63. The zero-order chi connectivity index (χ0) is 24.3. The second-order valence-electron chi connectivity index (χ2n) is 9.01. The van der Waals surface area contributed by atoms with Crippen molar-refractivity contribution in [3.05, 3.63) is 51.6 Å². The molecule has 0 spiro atoms. The fourth-order valence-electron chi connectivity index (χ4n) is 5.20. The van der Waals surface area contributed by atoms with Gasteiger partial charge in [0.1, 0.15) is 17.2 Å². The number of methoxy groups -OCH3 is 1. The topological polar surface area (TPSA) is 143 Å². The van der Waals surface area contributed by atoms with Gasteiger partial charge in [0.25, 0.3) is 0 Å². The summed E-state index contributed by atoms with van der Waals surface area (Å²) in [5.41, 5.74) is -0.195. The molecule has 2 aliphatic carbocycles. The summed E-state index contributed by atoms with van der Waals surface area (Å²) in [4.78, 5) is 26.8. The van der Waals surface area contributed by atoms with Gasteiger partial charge in [-0.05, 0) is 19.4 Å². The summed E-state index contributed by atoms with van der Waals surface area (Å²) < 4.78 is 17.1. The molecule has 1 heterocycles. The number of fused-ring (bicyclic) bond motifs is 3. The number of aliphatic hydroxyl groups is 2. The third-order valence-electron chi connectivity index (χ3n) is 6.93. The van der Waals surface area contributed by atoms with Crippen LogP contribution < -0.4 is 4.74 Å². The van der Waals surface area contributed by atoms with Crippen molar-refractivity contribution in [3.63, 3.8) is 0 Å². The molecule has 2 aromatic rings. The summed E-state index contributed by atoms with van der Waals surface area (Å²) in [6, 6.07) is 4.58. The Morgan fingerprint density at radius 1 is 1.00 bits per heavy atom. The van der Waals surface area contributed by atoms with Gasteiger partial charge in [-0.15, -0.1) is 0 Å². The van der Waals surface area contributed by atoms with Gasteiger partial charge < -0.3 is 34.6 Å². The van der Waals surface area contributed by atoms with Crippen LogP contribution >= 0.6 is 0 Å². The maximum atomic E-state index is 13.5. The fourth-order valence-corrected chi connectivity index (χ4v) is 5.20. The second kappa shape index (κ2) is 8.35. The lowest BCUT2D eigenvalue weighted by Gasteiger charge is -2.37. The van der Waals surface area contributed by atoms with Crippen molar-refractivity contribution in [3.8, 4) is 17.2 Å². The number of ketones is 2. The minimum atomic E-state index is -0.908. The highest BCUT2D eigenvalue weighted by Crippen LogP contribution is 2.50. The van der Waals surface area contributed by atoms with Crippen molar-refractivity contribution in [2.45, 2.75) is 63.3 Å². The van der Waals surface area contributed by atoms with E-state index in [9.17, 15) is 30.0 Å². The lowest BCUT2D eigenvalue weighted by Crippen LogP contribution is -2.39. The van der Waals surface area contributed by atoms with Gasteiger partial charge in [0, 0.05) is 36.0 Å². The number of benzene rings is 2. The summed E-state index contributed by atoms with van der Waals surface area (Å²) in [7, 11) is 1.38. The maximum Gasteiger partial charge on any atom is 0.202 e. The number of hydrogen-bond donors (Lipinski definition) is 4. The van der Waals surface area contributed by atoms with E-state index in [1.807, 2.05) is 0 Å². The highest BCUT2D eigenvalue weighted by Gasteiger charge is 2.43. The molecule has 180 valence electrons. The van der Waals surface area contributed by atoms with Gasteiger partial charge in [-0.3, -0.25) is 9.59 Å². The number of carbonyl (C=O) groups excluding carboxylic acids is 2. The van der Waals surface area contributed by atoms with Crippen molar-refractivity contribution in [2.24, 2.45) is 0 Å². The van der Waals surface area contributed by atoms with Crippen LogP contribution in [0.4, 0.5) is 0 Å². The number of hydrogen-bond acceptors (Lipinski definition) is 9. The van der Waals surface area contributed by atoms with E-state index in [1.165, 1.54) is 13.2 Å². The third kappa shape index (κ3) is 3.39. The summed E-state index contributed by atoms with van der Waals surface area (Å²) in [6.07, 6.45) is -2.66. The molecular weight excluding hydrogens is 444 g/mol. The van der Waals surface area contributed by atoms with Crippen molar-refractivity contribution >= 4 is 11.6 Å². The number of phenols is 2. The van der Waals surface area contributed by atoms with Crippen molar-refractivity contribution in [1.29, 1.82) is 0 Å². The van der Waals surface area contributed by atoms with Crippen molar-refractivity contribution in [1.82, 2.24) is 0 Å². The molecule has 9 heteroatoms. The molecule has 0 radical (unpaired) electrons. The van der Waals surface area contributed by atoms with Gasteiger partial charge in [0.2, 0.25) is 5.78 Å². The number of rotatable bonds is 3. The van der Waals surface area contributed by atoms with Crippen LogP contribution in [0.25, 0.3) is 0 Å². The van der Waals surface area contributed by atoms with Gasteiger partial charge in [0.15, 0.2) is 12.1 Å². The first-order valence-corrected chi connectivity index (χ1v) is 11.3. The van der Waals surface area contributed by atoms with Crippen LogP contribution in [0.3, 0.4) is 0 Å². The van der Waals surface area contributed by atoms with E-state index < -0.39 is 53.8 Å². The van der Waals surface area contributed by atoms with E-state index in [0.29, 0.717) is 12.8 Å². The quantitative estimate of drug-likeness (QED) is 0.423. The average molecular weight is 470 g/mol. The van der Waals surface area contributed by atoms with Crippen LogP contribution in [0.5, 0.6) is 17.2 Å². The molecule has 4 N–H and O–H groups in total. The zero-order valence-corrected chi connectivity index (χ0v) is 18.8. The van der Waals surface area contributed by atoms with Crippen LogP contribution in [0, 0.1) is 0 Å². The average Bonchev–Trinajstić information content (AvgIpc) is 2.81. The smallest absolute Gasteiger partial charge is 0.202 e. The van der Waals surface area contributed by atoms with Crippen LogP contribution in [0.2, 0.25) is 0 Å². The van der Waals surface area contributed by atoms with E-state index in [-0.39, 0.29) is 52.0 Å². The molecule has 0 saturated carbocycles. The van der Waals surface area contributed by atoms with Gasteiger partial charge >= 0.3 is 0 Å². The molecule has 5 atom stereocenters. The minimum absolute atomic E-state index is 0.0175. The molecule has 3 aliphatic rings. The van der Waals surface area contributed by atoms with E-state index in [2.05, 4.69) is 0 Å². The fraction of sp³-hybridized carbons (Fsp3) is 0.440. The number of phenolic OH excluding ortho intramolecular Hbond substituents is 2. The van der Waals surface area contributed by atoms with E-state index in [0.717, 1.165) is 0 Å². The summed E-state index contributed by atoms with van der Waals surface area (Å²) in [5, 5.41) is 42.8. The van der Waals surface area contributed by atoms with Crippen LogP contribution in [0.15, 0.2) is 18.2 Å². The number of ether oxygens (including phenoxy) is 3. The van der Waals surface area contributed by atoms with Crippen molar-refractivity contribution in [2.75, 3.05) is 7.11 Å². The Labute approximate surface area is 195 Å². The first-order chi connectivity index (χ1) is 16.2. The molecule has 1 aliphatic heterocycles. The number of carbonyl (C=O) groups is 2. The number of aromatic hydroxyl groups is 2. The minimum Gasteiger partial charge on any atom is -0.507 e.